The van der Waals surface area contributed by atoms with Crippen LogP contribution in [0.4, 0.5) is 0 Å². The molecule has 0 aromatic carbocycles. The molecule has 1 unspecified atom stereocenters. The standard InChI is InChI=1S/C10H14/c1-3-7-10(2)8-5-4-6-9-10/h3-6,8H,1,7,9H2,2H3. The maximum Gasteiger partial charge on any atom is -0.00745 e. The molecular weight excluding hydrogens is 120 g/mol. The Bertz CT molecular complexity index is 170. The van der Waals surface area contributed by atoms with Gasteiger partial charge < -0.3 is 0 Å². The lowest BCUT2D eigenvalue weighted by Crippen LogP contribution is -2.11. The highest BCUT2D eigenvalue weighted by atomic mass is 14.2. The van der Waals surface area contributed by atoms with Crippen molar-refractivity contribution in [3.63, 3.8) is 0 Å². The minimum absolute atomic E-state index is 0.344. The first-order valence-electron chi connectivity index (χ1n) is 3.72. The molecule has 1 rings (SSSR count). The summed E-state index contributed by atoms with van der Waals surface area (Å²) in [5, 5.41) is 0. The molecule has 0 N–H and O–H groups in total. The summed E-state index contributed by atoms with van der Waals surface area (Å²) in [6.07, 6.45) is 12.9. The lowest BCUT2D eigenvalue weighted by atomic mass is 9.81. The topological polar surface area (TPSA) is 0 Å². The second kappa shape index (κ2) is 2.87. The Kier molecular flexibility index (Phi) is 2.10. The van der Waals surface area contributed by atoms with Gasteiger partial charge in [-0.15, -0.1) is 6.58 Å². The third-order valence-electron chi connectivity index (χ3n) is 1.94. The van der Waals surface area contributed by atoms with Crippen LogP contribution in [0.5, 0.6) is 0 Å². The molecule has 0 radical (unpaired) electrons. The molecule has 0 nitrogen and oxygen atoms in total. The van der Waals surface area contributed by atoms with E-state index >= 15 is 0 Å². The highest BCUT2D eigenvalue weighted by molar-refractivity contribution is 5.16. The number of allylic oxidation sites excluding steroid dienone is 5. The van der Waals surface area contributed by atoms with Crippen LogP contribution in [0.25, 0.3) is 0 Å². The third kappa shape index (κ3) is 1.60. The molecule has 1 aliphatic carbocycles. The van der Waals surface area contributed by atoms with Gasteiger partial charge in [-0.05, 0) is 18.3 Å². The highest BCUT2D eigenvalue weighted by Crippen LogP contribution is 2.30. The molecule has 0 fully saturated rings. The Morgan fingerprint density at radius 2 is 2.40 bits per heavy atom. The van der Waals surface area contributed by atoms with Crippen LogP contribution < -0.4 is 0 Å². The first kappa shape index (κ1) is 7.33. The van der Waals surface area contributed by atoms with Crippen LogP contribution in [-0.4, -0.2) is 0 Å². The van der Waals surface area contributed by atoms with Gasteiger partial charge in [0.25, 0.3) is 0 Å². The molecule has 0 heterocycles. The summed E-state index contributed by atoms with van der Waals surface area (Å²) in [7, 11) is 0. The van der Waals surface area contributed by atoms with E-state index in [-0.39, 0.29) is 0 Å². The first-order chi connectivity index (χ1) is 4.77. The fourth-order valence-corrected chi connectivity index (χ4v) is 1.25. The van der Waals surface area contributed by atoms with Crippen molar-refractivity contribution >= 4 is 0 Å². The average molecular weight is 134 g/mol. The van der Waals surface area contributed by atoms with Crippen molar-refractivity contribution in [1.82, 2.24) is 0 Å². The monoisotopic (exact) mass is 134 g/mol. The normalized spacial score (nSPS) is 30.5. The van der Waals surface area contributed by atoms with Crippen molar-refractivity contribution in [3.05, 3.63) is 37.0 Å². The van der Waals surface area contributed by atoms with E-state index < -0.39 is 0 Å². The van der Waals surface area contributed by atoms with Crippen LogP contribution in [0.2, 0.25) is 0 Å². The molecule has 0 aromatic heterocycles. The van der Waals surface area contributed by atoms with Gasteiger partial charge in [-0.25, -0.2) is 0 Å². The van der Waals surface area contributed by atoms with E-state index in [0.29, 0.717) is 5.41 Å². The molecule has 10 heavy (non-hydrogen) atoms. The fraction of sp³-hybridized carbons (Fsp3) is 0.400. The molecule has 0 aromatic rings. The van der Waals surface area contributed by atoms with Crippen LogP contribution in [0.1, 0.15) is 19.8 Å². The van der Waals surface area contributed by atoms with Gasteiger partial charge in [-0.1, -0.05) is 37.3 Å². The van der Waals surface area contributed by atoms with E-state index in [4.69, 9.17) is 0 Å². The minimum Gasteiger partial charge on any atom is -0.103 e. The van der Waals surface area contributed by atoms with Crippen LogP contribution in [-0.2, 0) is 0 Å². The number of rotatable bonds is 2. The molecule has 54 valence electrons. The summed E-state index contributed by atoms with van der Waals surface area (Å²) in [4.78, 5) is 0. The van der Waals surface area contributed by atoms with E-state index in [1.165, 1.54) is 0 Å². The molecule has 0 saturated heterocycles. The van der Waals surface area contributed by atoms with E-state index in [1.54, 1.807) is 0 Å². The maximum absolute atomic E-state index is 3.74. The van der Waals surface area contributed by atoms with Crippen molar-refractivity contribution in [2.45, 2.75) is 19.8 Å². The molecule has 0 saturated carbocycles. The predicted molar refractivity (Wildman–Crippen MR) is 45.8 cm³/mol. The van der Waals surface area contributed by atoms with Gasteiger partial charge in [0.15, 0.2) is 0 Å². The fourth-order valence-electron chi connectivity index (χ4n) is 1.25. The van der Waals surface area contributed by atoms with Crippen molar-refractivity contribution in [3.8, 4) is 0 Å². The van der Waals surface area contributed by atoms with E-state index in [0.717, 1.165) is 12.8 Å². The molecule has 0 aliphatic heterocycles. The predicted octanol–water partition coefficient (Wildman–Crippen LogP) is 3.08. The minimum atomic E-state index is 0.344. The van der Waals surface area contributed by atoms with Crippen molar-refractivity contribution < 1.29 is 0 Å². The Balaban J connectivity index is 2.60. The lowest BCUT2D eigenvalue weighted by Gasteiger charge is -2.24. The molecule has 1 aliphatic rings. The Labute approximate surface area is 62.9 Å². The van der Waals surface area contributed by atoms with Gasteiger partial charge in [0.05, 0.1) is 0 Å². The summed E-state index contributed by atoms with van der Waals surface area (Å²) in [6.45, 7) is 6.00. The summed E-state index contributed by atoms with van der Waals surface area (Å²) < 4.78 is 0. The van der Waals surface area contributed by atoms with Crippen LogP contribution in [0.15, 0.2) is 37.0 Å². The van der Waals surface area contributed by atoms with Gasteiger partial charge in [0, 0.05) is 0 Å². The Morgan fingerprint density at radius 1 is 1.60 bits per heavy atom. The smallest absolute Gasteiger partial charge is 0.00745 e. The van der Waals surface area contributed by atoms with E-state index in [1.807, 2.05) is 6.08 Å². The zero-order chi connectivity index (χ0) is 7.45. The van der Waals surface area contributed by atoms with Crippen LogP contribution in [0.3, 0.4) is 0 Å². The van der Waals surface area contributed by atoms with E-state index in [9.17, 15) is 0 Å². The maximum atomic E-state index is 3.74. The molecular formula is C10H14. The van der Waals surface area contributed by atoms with Gasteiger partial charge in [-0.2, -0.15) is 0 Å². The van der Waals surface area contributed by atoms with Gasteiger partial charge in [0.1, 0.15) is 0 Å². The van der Waals surface area contributed by atoms with Gasteiger partial charge >= 0.3 is 0 Å². The quantitative estimate of drug-likeness (QED) is 0.509. The van der Waals surface area contributed by atoms with Crippen LogP contribution >= 0.6 is 0 Å². The summed E-state index contributed by atoms with van der Waals surface area (Å²) >= 11 is 0. The Hall–Kier alpha value is -0.780. The second-order valence-corrected chi connectivity index (χ2v) is 3.14. The lowest BCUT2D eigenvalue weighted by molar-refractivity contribution is 0.437. The second-order valence-electron chi connectivity index (χ2n) is 3.14. The van der Waals surface area contributed by atoms with Crippen molar-refractivity contribution in [2.24, 2.45) is 5.41 Å². The SMILES string of the molecule is C=CCC1(C)C=CC=CC1. The largest absolute Gasteiger partial charge is 0.103 e. The molecule has 0 heteroatoms. The van der Waals surface area contributed by atoms with Gasteiger partial charge in [-0.3, -0.25) is 0 Å². The zero-order valence-corrected chi connectivity index (χ0v) is 6.51. The first-order valence-corrected chi connectivity index (χ1v) is 3.72. The number of hydrogen-bond acceptors (Lipinski definition) is 0. The molecule has 0 amide bonds. The van der Waals surface area contributed by atoms with E-state index in [2.05, 4.69) is 37.8 Å². The molecule has 0 spiro atoms. The zero-order valence-electron chi connectivity index (χ0n) is 6.51. The van der Waals surface area contributed by atoms with Gasteiger partial charge in [0.2, 0.25) is 0 Å². The van der Waals surface area contributed by atoms with Crippen LogP contribution in [0, 0.1) is 5.41 Å². The Morgan fingerprint density at radius 3 is 2.90 bits per heavy atom. The van der Waals surface area contributed by atoms with Crippen molar-refractivity contribution in [2.75, 3.05) is 0 Å². The number of hydrogen-bond donors (Lipinski definition) is 0. The molecule has 1 atom stereocenters. The summed E-state index contributed by atoms with van der Waals surface area (Å²) in [5.41, 5.74) is 0.344. The average Bonchev–Trinajstić information content (AvgIpc) is 1.89. The van der Waals surface area contributed by atoms with Crippen molar-refractivity contribution in [1.29, 1.82) is 0 Å². The summed E-state index contributed by atoms with van der Waals surface area (Å²) in [6, 6.07) is 0. The third-order valence-corrected chi connectivity index (χ3v) is 1.94. The summed E-state index contributed by atoms with van der Waals surface area (Å²) in [5.74, 6) is 0. The molecule has 0 bridgehead atoms. The highest BCUT2D eigenvalue weighted by Gasteiger charge is 2.17.